The highest BCUT2D eigenvalue weighted by molar-refractivity contribution is 7.19. The summed E-state index contributed by atoms with van der Waals surface area (Å²) in [6.45, 7) is 27.9. The molecule has 48 heavy (non-hydrogen) atoms. The lowest BCUT2D eigenvalue weighted by atomic mass is 10.1. The molecule has 1 fully saturated rings. The first-order valence-electron chi connectivity index (χ1n) is 17.7. The zero-order chi connectivity index (χ0) is 34.7. The van der Waals surface area contributed by atoms with Crippen LogP contribution >= 0.6 is 0 Å². The van der Waals surface area contributed by atoms with Crippen LogP contribution in [0.15, 0.2) is 78.9 Å². The Morgan fingerprint density at radius 3 is 1.10 bits per heavy atom. The van der Waals surface area contributed by atoms with Crippen LogP contribution in [0.3, 0.4) is 0 Å². The van der Waals surface area contributed by atoms with E-state index in [1.54, 1.807) is 10.4 Å². The number of rotatable bonds is 6. The van der Waals surface area contributed by atoms with Crippen LogP contribution in [-0.2, 0) is 10.8 Å². The molecule has 1 aliphatic rings. The Bertz CT molecular complexity index is 1830. The number of benzene rings is 5. The van der Waals surface area contributed by atoms with Gasteiger partial charge in [-0.1, -0.05) is 123 Å². The minimum Gasteiger partial charge on any atom is -0.407 e. The molecule has 1 aliphatic heterocycles. The SMILES string of the molecule is Cc1cc(C)c([Si]2(c3c(C)cc(C)cc3C)C[Si](c3c(C)cc(C)cc3C)(c3c(C)cc(C)cc3C)C(Cc3ccccc3)O2)c(C)c1. The van der Waals surface area contributed by atoms with E-state index in [4.69, 9.17) is 4.43 Å². The van der Waals surface area contributed by atoms with E-state index in [1.165, 1.54) is 82.7 Å². The number of hydrogen-bond donors (Lipinski definition) is 0. The van der Waals surface area contributed by atoms with Gasteiger partial charge in [-0.15, -0.1) is 0 Å². The molecule has 0 aliphatic carbocycles. The van der Waals surface area contributed by atoms with E-state index >= 15 is 0 Å². The van der Waals surface area contributed by atoms with Gasteiger partial charge in [0.25, 0.3) is 8.32 Å². The Morgan fingerprint density at radius 2 is 0.771 bits per heavy atom. The first-order chi connectivity index (χ1) is 22.7. The van der Waals surface area contributed by atoms with E-state index in [9.17, 15) is 0 Å². The standard InChI is InChI=1S/C45H54OSi2/c1-28-18-32(5)42(33(6)19-28)47(43-34(7)20-29(2)21-35(43)8)27-48(44-36(9)22-30(3)23-37(44)10,45-38(11)24-31(4)25-39(45)12)46-41(47)26-40-16-14-13-15-17-40/h13-25,41H,26-27H2,1-12H3. The molecule has 0 spiro atoms. The van der Waals surface area contributed by atoms with Gasteiger partial charge < -0.3 is 4.43 Å². The summed E-state index contributed by atoms with van der Waals surface area (Å²) in [4.78, 5) is 0. The highest BCUT2D eigenvalue weighted by atomic mass is 28.4. The van der Waals surface area contributed by atoms with Gasteiger partial charge in [0.05, 0.1) is 5.73 Å². The molecule has 248 valence electrons. The van der Waals surface area contributed by atoms with Crippen molar-refractivity contribution in [2.45, 2.75) is 101 Å². The first kappa shape index (κ1) is 34.4. The largest absolute Gasteiger partial charge is 0.407 e. The second-order valence-corrected chi connectivity index (χ2v) is 23.3. The van der Waals surface area contributed by atoms with Crippen LogP contribution in [0.2, 0.25) is 5.67 Å². The van der Waals surface area contributed by atoms with Crippen molar-refractivity contribution >= 4 is 37.1 Å². The average Bonchev–Trinajstić information content (AvgIpc) is 3.25. The van der Waals surface area contributed by atoms with Gasteiger partial charge in [-0.3, -0.25) is 0 Å². The van der Waals surface area contributed by atoms with Crippen molar-refractivity contribution in [2.24, 2.45) is 0 Å². The summed E-state index contributed by atoms with van der Waals surface area (Å²) in [6.07, 6.45) is 0.912. The fourth-order valence-corrected chi connectivity index (χ4v) is 27.5. The molecule has 1 atom stereocenters. The zero-order valence-electron chi connectivity index (χ0n) is 31.4. The molecule has 0 aromatic heterocycles. The lowest BCUT2D eigenvalue weighted by Gasteiger charge is -2.39. The Hall–Kier alpha value is -3.51. The van der Waals surface area contributed by atoms with Crippen molar-refractivity contribution in [3.05, 3.63) is 151 Å². The summed E-state index contributed by atoms with van der Waals surface area (Å²) in [5.74, 6) is 0. The summed E-state index contributed by atoms with van der Waals surface area (Å²) < 4.78 is 8.33. The fraction of sp³-hybridized carbons (Fsp3) is 0.333. The predicted octanol–water partition coefficient (Wildman–Crippen LogP) is 8.43. The minimum atomic E-state index is -2.88. The van der Waals surface area contributed by atoms with Crippen LogP contribution in [-0.4, -0.2) is 22.1 Å². The zero-order valence-corrected chi connectivity index (χ0v) is 33.4. The summed E-state index contributed by atoms with van der Waals surface area (Å²) >= 11 is 0. The third-order valence-electron chi connectivity index (χ3n) is 11.1. The Kier molecular flexibility index (Phi) is 9.12. The van der Waals surface area contributed by atoms with Crippen LogP contribution in [0.25, 0.3) is 0 Å². The molecule has 0 N–H and O–H groups in total. The minimum absolute atomic E-state index is 0.0759. The lowest BCUT2D eigenvalue weighted by molar-refractivity contribution is 0.286. The molecular formula is C45H54OSi2. The smallest absolute Gasteiger partial charge is 0.254 e. The molecule has 1 saturated heterocycles. The summed E-state index contributed by atoms with van der Waals surface area (Å²) in [5, 5.41) is 6.20. The monoisotopic (exact) mass is 666 g/mol. The van der Waals surface area contributed by atoms with Crippen LogP contribution in [0, 0.1) is 83.1 Å². The first-order valence-corrected chi connectivity index (χ1v) is 22.1. The molecule has 1 heterocycles. The van der Waals surface area contributed by atoms with Crippen LogP contribution < -0.4 is 20.7 Å². The van der Waals surface area contributed by atoms with E-state index in [2.05, 4.69) is 162 Å². The van der Waals surface area contributed by atoms with Crippen molar-refractivity contribution < 1.29 is 4.43 Å². The van der Waals surface area contributed by atoms with Gasteiger partial charge in [-0.05, 0) is 144 Å². The molecule has 6 rings (SSSR count). The molecular weight excluding hydrogens is 613 g/mol. The molecule has 0 amide bonds. The maximum Gasteiger partial charge on any atom is 0.254 e. The summed E-state index contributed by atoms with van der Waals surface area (Å²) in [5.41, 5.74) is 19.1. The van der Waals surface area contributed by atoms with Crippen molar-refractivity contribution in [1.29, 1.82) is 0 Å². The quantitative estimate of drug-likeness (QED) is 0.165. The third kappa shape index (κ3) is 5.68. The van der Waals surface area contributed by atoms with E-state index in [1.807, 2.05) is 0 Å². The Balaban J connectivity index is 1.83. The molecule has 3 heteroatoms. The Labute approximate surface area is 292 Å². The Morgan fingerprint density at radius 1 is 0.458 bits per heavy atom. The maximum absolute atomic E-state index is 8.33. The van der Waals surface area contributed by atoms with Gasteiger partial charge in [-0.25, -0.2) is 0 Å². The summed E-state index contributed by atoms with van der Waals surface area (Å²) in [7, 11) is -5.59. The molecule has 5 aromatic carbocycles. The molecule has 0 saturated carbocycles. The molecule has 1 nitrogen and oxygen atoms in total. The van der Waals surface area contributed by atoms with Crippen molar-refractivity contribution in [1.82, 2.24) is 0 Å². The number of aryl methyl sites for hydroxylation is 12. The number of hydrogen-bond acceptors (Lipinski definition) is 1. The third-order valence-corrected chi connectivity index (χ3v) is 24.2. The molecule has 0 bridgehead atoms. The van der Waals surface area contributed by atoms with E-state index in [-0.39, 0.29) is 5.73 Å². The van der Waals surface area contributed by atoms with Crippen LogP contribution in [0.5, 0.6) is 0 Å². The van der Waals surface area contributed by atoms with Crippen LogP contribution in [0.1, 0.15) is 72.3 Å². The van der Waals surface area contributed by atoms with Gasteiger partial charge in [0.1, 0.15) is 8.07 Å². The van der Waals surface area contributed by atoms with E-state index in [0.717, 1.165) is 12.1 Å². The van der Waals surface area contributed by atoms with Gasteiger partial charge >= 0.3 is 0 Å². The van der Waals surface area contributed by atoms with E-state index < -0.39 is 16.4 Å². The van der Waals surface area contributed by atoms with Crippen molar-refractivity contribution in [2.75, 3.05) is 0 Å². The van der Waals surface area contributed by atoms with Crippen molar-refractivity contribution in [3.63, 3.8) is 0 Å². The second-order valence-electron chi connectivity index (χ2n) is 15.4. The normalized spacial score (nSPS) is 16.8. The highest BCUT2D eigenvalue weighted by Crippen LogP contribution is 2.41. The lowest BCUT2D eigenvalue weighted by Crippen LogP contribution is -2.69. The van der Waals surface area contributed by atoms with Crippen molar-refractivity contribution in [3.8, 4) is 0 Å². The molecule has 0 radical (unpaired) electrons. The van der Waals surface area contributed by atoms with Gasteiger partial charge in [0, 0.05) is 0 Å². The van der Waals surface area contributed by atoms with Gasteiger partial charge in [0.15, 0.2) is 0 Å². The fourth-order valence-electron chi connectivity index (χ4n) is 10.4. The molecule has 5 aromatic rings. The highest BCUT2D eigenvalue weighted by Gasteiger charge is 2.64. The van der Waals surface area contributed by atoms with Gasteiger partial charge in [-0.2, -0.15) is 0 Å². The topological polar surface area (TPSA) is 9.23 Å². The van der Waals surface area contributed by atoms with Crippen LogP contribution in [0.4, 0.5) is 0 Å². The maximum atomic E-state index is 8.33. The van der Waals surface area contributed by atoms with Gasteiger partial charge in [0.2, 0.25) is 0 Å². The second kappa shape index (κ2) is 12.7. The summed E-state index contributed by atoms with van der Waals surface area (Å²) in [6, 6.07) is 30.6. The molecule has 1 unspecified atom stereocenters. The predicted molar refractivity (Wildman–Crippen MR) is 212 cm³/mol. The van der Waals surface area contributed by atoms with E-state index in [0.29, 0.717) is 0 Å². The average molecular weight is 667 g/mol.